The van der Waals surface area contributed by atoms with Crippen molar-refractivity contribution in [1.82, 2.24) is 19.5 Å². The van der Waals surface area contributed by atoms with Gasteiger partial charge < -0.3 is 26.0 Å². The quantitative estimate of drug-likeness (QED) is 0.639. The second-order valence-corrected chi connectivity index (χ2v) is 5.12. The molecule has 9 nitrogen and oxygen atoms in total. The summed E-state index contributed by atoms with van der Waals surface area (Å²) in [7, 11) is 0. The number of nitrogens with zero attached hydrogens (tertiary/aromatic N) is 4. The third kappa shape index (κ3) is 1.39. The van der Waals surface area contributed by atoms with Crippen LogP contribution in [0, 0.1) is 0 Å². The van der Waals surface area contributed by atoms with Crippen molar-refractivity contribution in [1.29, 1.82) is 0 Å². The maximum atomic E-state index is 9.47. The van der Waals surface area contributed by atoms with Crippen molar-refractivity contribution in [2.45, 2.75) is 24.4 Å². The van der Waals surface area contributed by atoms with Crippen LogP contribution in [0.4, 0.5) is 11.8 Å². The molecule has 0 aliphatic carbocycles. The van der Waals surface area contributed by atoms with Crippen LogP contribution in [0.3, 0.4) is 0 Å². The molecule has 2 aliphatic heterocycles. The normalized spacial score (nSPS) is 32.2. The number of ether oxygens (including phenoxy) is 2. The third-order valence-electron chi connectivity index (χ3n) is 3.95. The monoisotopic (exact) mass is 278 g/mol. The van der Waals surface area contributed by atoms with Crippen LogP contribution in [-0.2, 0) is 9.47 Å². The number of nitrogen functional groups attached to an aromatic ring is 2. The first-order chi connectivity index (χ1) is 9.63. The van der Waals surface area contributed by atoms with Crippen LogP contribution in [0.1, 0.15) is 12.6 Å². The molecule has 0 saturated carbocycles. The minimum atomic E-state index is -0.606. The lowest BCUT2D eigenvalue weighted by atomic mass is 9.93. The highest BCUT2D eigenvalue weighted by Crippen LogP contribution is 2.45. The molecule has 0 aromatic carbocycles. The molecular formula is C11H14N6O3. The Morgan fingerprint density at radius 1 is 1.45 bits per heavy atom. The molecule has 0 bridgehead atoms. The Morgan fingerprint density at radius 3 is 2.95 bits per heavy atom. The van der Waals surface area contributed by atoms with Gasteiger partial charge in [0.1, 0.15) is 17.3 Å². The molecular weight excluding hydrogens is 264 g/mol. The molecule has 106 valence electrons. The third-order valence-corrected chi connectivity index (χ3v) is 3.95. The average molecular weight is 278 g/mol. The number of imidazole rings is 1. The van der Waals surface area contributed by atoms with Crippen molar-refractivity contribution in [3.63, 3.8) is 0 Å². The summed E-state index contributed by atoms with van der Waals surface area (Å²) in [5, 5.41) is 9.47. The van der Waals surface area contributed by atoms with Crippen LogP contribution in [0.25, 0.3) is 11.2 Å². The van der Waals surface area contributed by atoms with Gasteiger partial charge in [0, 0.05) is 6.42 Å². The van der Waals surface area contributed by atoms with E-state index in [0.717, 1.165) is 0 Å². The fourth-order valence-electron chi connectivity index (χ4n) is 2.80. The molecule has 2 aliphatic rings. The van der Waals surface area contributed by atoms with Crippen LogP contribution >= 0.6 is 0 Å². The number of rotatable bonds is 2. The molecule has 0 radical (unpaired) electrons. The smallest absolute Gasteiger partial charge is 0.224 e. The van der Waals surface area contributed by atoms with E-state index in [0.29, 0.717) is 24.2 Å². The average Bonchev–Trinajstić information content (AvgIpc) is 2.91. The van der Waals surface area contributed by atoms with Gasteiger partial charge in [-0.3, -0.25) is 4.57 Å². The lowest BCUT2D eigenvalue weighted by Crippen LogP contribution is -2.58. The SMILES string of the molecule is Nc1nc(N)c2ncn([C@H]3CC4OC[C@]4(CO)O3)c2n1. The van der Waals surface area contributed by atoms with Gasteiger partial charge in [0.25, 0.3) is 0 Å². The van der Waals surface area contributed by atoms with Gasteiger partial charge in [0.05, 0.1) is 25.6 Å². The second kappa shape index (κ2) is 3.78. The molecule has 4 rings (SSSR count). The van der Waals surface area contributed by atoms with E-state index in [9.17, 15) is 5.11 Å². The van der Waals surface area contributed by atoms with Gasteiger partial charge >= 0.3 is 0 Å². The molecule has 2 fully saturated rings. The van der Waals surface area contributed by atoms with Gasteiger partial charge in [0.2, 0.25) is 5.95 Å². The summed E-state index contributed by atoms with van der Waals surface area (Å²) in [5.74, 6) is 0.325. The lowest BCUT2D eigenvalue weighted by molar-refractivity contribution is -0.242. The first kappa shape index (κ1) is 11.8. The Kier molecular flexibility index (Phi) is 2.23. The van der Waals surface area contributed by atoms with Gasteiger partial charge in [-0.25, -0.2) is 4.98 Å². The molecule has 2 aromatic heterocycles. The van der Waals surface area contributed by atoms with E-state index in [-0.39, 0.29) is 30.7 Å². The number of hydrogen-bond donors (Lipinski definition) is 3. The van der Waals surface area contributed by atoms with E-state index in [1.165, 1.54) is 0 Å². The van der Waals surface area contributed by atoms with E-state index >= 15 is 0 Å². The summed E-state index contributed by atoms with van der Waals surface area (Å²) in [4.78, 5) is 12.2. The van der Waals surface area contributed by atoms with Gasteiger partial charge in [-0.15, -0.1) is 0 Å². The van der Waals surface area contributed by atoms with Crippen molar-refractivity contribution in [3.8, 4) is 0 Å². The van der Waals surface area contributed by atoms with Gasteiger partial charge in [-0.2, -0.15) is 9.97 Å². The zero-order chi connectivity index (χ0) is 13.9. The van der Waals surface area contributed by atoms with Gasteiger partial charge in [-0.1, -0.05) is 0 Å². The molecule has 0 amide bonds. The maximum absolute atomic E-state index is 9.47. The fraction of sp³-hybridized carbons (Fsp3) is 0.545. The van der Waals surface area contributed by atoms with E-state index in [2.05, 4.69) is 15.0 Å². The zero-order valence-corrected chi connectivity index (χ0v) is 10.6. The van der Waals surface area contributed by atoms with Crippen molar-refractivity contribution in [2.24, 2.45) is 0 Å². The topological polar surface area (TPSA) is 134 Å². The van der Waals surface area contributed by atoms with Crippen LogP contribution in [0.15, 0.2) is 6.33 Å². The summed E-state index contributed by atoms with van der Waals surface area (Å²) in [6.07, 6.45) is 1.80. The van der Waals surface area contributed by atoms with Crippen molar-refractivity contribution in [3.05, 3.63) is 6.33 Å². The molecule has 2 saturated heterocycles. The summed E-state index contributed by atoms with van der Waals surface area (Å²) >= 11 is 0. The minimum Gasteiger partial charge on any atom is -0.393 e. The highest BCUT2D eigenvalue weighted by Gasteiger charge is 2.57. The van der Waals surface area contributed by atoms with Crippen LogP contribution in [-0.4, -0.2) is 49.5 Å². The summed E-state index contributed by atoms with van der Waals surface area (Å²) in [6.45, 7) is 0.330. The Bertz CT molecular complexity index is 684. The van der Waals surface area contributed by atoms with Crippen molar-refractivity contribution < 1.29 is 14.6 Å². The van der Waals surface area contributed by atoms with Crippen LogP contribution in [0.5, 0.6) is 0 Å². The van der Waals surface area contributed by atoms with Gasteiger partial charge in [-0.05, 0) is 0 Å². The lowest BCUT2D eigenvalue weighted by Gasteiger charge is -2.41. The van der Waals surface area contributed by atoms with E-state index < -0.39 is 5.60 Å². The summed E-state index contributed by atoms with van der Waals surface area (Å²) in [5.41, 5.74) is 11.8. The standard InChI is InChI=1S/C11H14N6O3/c12-8-7-9(16-10(13)15-8)17(4-14-7)6-1-5-11(2-18,20-6)3-19-5/h4-6,18H,1-3H2,(H4,12,13,15,16)/t5?,6-,11+/m1/s1. The predicted octanol–water partition coefficient (Wildman–Crippen LogP) is -0.961. The Labute approximate surface area is 113 Å². The molecule has 9 heteroatoms. The minimum absolute atomic E-state index is 0.0694. The maximum Gasteiger partial charge on any atom is 0.224 e. The second-order valence-electron chi connectivity index (χ2n) is 5.12. The molecule has 0 spiro atoms. The molecule has 2 aromatic rings. The summed E-state index contributed by atoms with van der Waals surface area (Å²) in [6, 6.07) is 0. The highest BCUT2D eigenvalue weighted by molar-refractivity contribution is 5.82. The molecule has 1 unspecified atom stereocenters. The number of aliphatic hydroxyl groups is 1. The van der Waals surface area contributed by atoms with Gasteiger partial charge in [0.15, 0.2) is 11.5 Å². The Balaban J connectivity index is 1.77. The Hall–Kier alpha value is -1.97. The first-order valence-electron chi connectivity index (χ1n) is 6.29. The number of anilines is 2. The first-order valence-corrected chi connectivity index (χ1v) is 6.29. The summed E-state index contributed by atoms with van der Waals surface area (Å²) < 4.78 is 13.1. The number of nitrogens with two attached hydrogens (primary N) is 2. The van der Waals surface area contributed by atoms with Crippen LogP contribution < -0.4 is 11.5 Å². The molecule has 20 heavy (non-hydrogen) atoms. The predicted molar refractivity (Wildman–Crippen MR) is 68.4 cm³/mol. The molecule has 3 atom stereocenters. The fourth-order valence-corrected chi connectivity index (χ4v) is 2.80. The largest absolute Gasteiger partial charge is 0.393 e. The number of aliphatic hydroxyl groups excluding tert-OH is 1. The number of aromatic nitrogens is 4. The van der Waals surface area contributed by atoms with Crippen molar-refractivity contribution >= 4 is 22.9 Å². The zero-order valence-electron chi connectivity index (χ0n) is 10.6. The molecule has 4 heterocycles. The van der Waals surface area contributed by atoms with Crippen molar-refractivity contribution in [2.75, 3.05) is 24.7 Å². The highest BCUT2D eigenvalue weighted by atomic mass is 16.6. The molecule has 5 N–H and O–H groups in total. The van der Waals surface area contributed by atoms with E-state index in [1.807, 2.05) is 0 Å². The van der Waals surface area contributed by atoms with Crippen LogP contribution in [0.2, 0.25) is 0 Å². The van der Waals surface area contributed by atoms with E-state index in [4.69, 9.17) is 20.9 Å². The number of fused-ring (bicyclic) bond motifs is 2. The Morgan fingerprint density at radius 2 is 2.30 bits per heavy atom. The van der Waals surface area contributed by atoms with E-state index in [1.54, 1.807) is 10.9 Å². The number of hydrogen-bond acceptors (Lipinski definition) is 8.